The molecule has 0 spiro atoms. The molecule has 2 heterocycles. The van der Waals surface area contributed by atoms with Crippen molar-refractivity contribution in [3.8, 4) is 0 Å². The minimum absolute atomic E-state index is 1.05. The quantitative estimate of drug-likeness (QED) is 0.835. The van der Waals surface area contributed by atoms with Gasteiger partial charge in [-0.25, -0.2) is 0 Å². The molecule has 92 valence electrons. The molecule has 0 unspecified atom stereocenters. The third kappa shape index (κ3) is 3.01. The first kappa shape index (κ1) is 12.5. The van der Waals surface area contributed by atoms with Crippen LogP contribution in [0.3, 0.4) is 0 Å². The largest absolute Gasteiger partial charge is 0.370 e. The molecule has 2 aromatic heterocycles. The minimum atomic E-state index is 1.05. The van der Waals surface area contributed by atoms with E-state index in [1.807, 2.05) is 22.7 Å². The van der Waals surface area contributed by atoms with Gasteiger partial charge in [0.15, 0.2) is 0 Å². The molecule has 0 amide bonds. The molecule has 2 rings (SSSR count). The Morgan fingerprint density at radius 1 is 0.765 bits per heavy atom. The van der Waals surface area contributed by atoms with Crippen molar-refractivity contribution in [1.29, 1.82) is 0 Å². The van der Waals surface area contributed by atoms with Crippen molar-refractivity contribution in [2.75, 3.05) is 38.0 Å². The van der Waals surface area contributed by atoms with E-state index in [1.165, 1.54) is 19.8 Å². The van der Waals surface area contributed by atoms with Gasteiger partial charge in [-0.1, -0.05) is 0 Å². The van der Waals surface area contributed by atoms with Crippen molar-refractivity contribution in [3.63, 3.8) is 0 Å². The molecule has 0 aliphatic carbocycles. The lowest BCUT2D eigenvalue weighted by molar-refractivity contribution is 1.16. The molecule has 0 saturated carbocycles. The molecular weight excluding hydrogens is 248 g/mol. The van der Waals surface area contributed by atoms with E-state index in [0.29, 0.717) is 0 Å². The summed E-state index contributed by atoms with van der Waals surface area (Å²) < 4.78 is 0. The Morgan fingerprint density at radius 2 is 1.18 bits per heavy atom. The Kier molecular flexibility index (Phi) is 3.74. The van der Waals surface area contributed by atoms with Crippen LogP contribution >= 0.6 is 22.7 Å². The van der Waals surface area contributed by atoms with E-state index in [4.69, 9.17) is 0 Å². The Hall–Kier alpha value is -1.00. The van der Waals surface area contributed by atoms with Gasteiger partial charge in [0.25, 0.3) is 0 Å². The summed E-state index contributed by atoms with van der Waals surface area (Å²) in [4.78, 5) is 7.18. The highest BCUT2D eigenvalue weighted by molar-refractivity contribution is 7.17. The van der Waals surface area contributed by atoms with Crippen LogP contribution in [0, 0.1) is 0 Å². The van der Waals surface area contributed by atoms with Crippen molar-refractivity contribution in [2.45, 2.75) is 6.42 Å². The normalized spacial score (nSPS) is 10.6. The van der Waals surface area contributed by atoms with Crippen molar-refractivity contribution in [1.82, 2.24) is 0 Å². The molecular formula is C13H18N2S2. The second-order valence-electron chi connectivity index (χ2n) is 4.45. The van der Waals surface area contributed by atoms with E-state index in [9.17, 15) is 0 Å². The van der Waals surface area contributed by atoms with Gasteiger partial charge in [0.2, 0.25) is 0 Å². The zero-order valence-electron chi connectivity index (χ0n) is 10.7. The Balaban J connectivity index is 2.08. The average molecular weight is 266 g/mol. The van der Waals surface area contributed by atoms with Crippen molar-refractivity contribution in [3.05, 3.63) is 34.0 Å². The Bertz CT molecular complexity index is 439. The van der Waals surface area contributed by atoms with Gasteiger partial charge in [-0.3, -0.25) is 0 Å². The summed E-state index contributed by atoms with van der Waals surface area (Å²) in [6.07, 6.45) is 1.05. The van der Waals surface area contributed by atoms with E-state index >= 15 is 0 Å². The SMILES string of the molecule is CN(C)c1ccc(Cc2ccc(N(C)C)s2)s1. The predicted molar refractivity (Wildman–Crippen MR) is 80.1 cm³/mol. The maximum atomic E-state index is 2.23. The first-order chi connectivity index (χ1) is 8.06. The van der Waals surface area contributed by atoms with Crippen LogP contribution in [0.5, 0.6) is 0 Å². The number of rotatable bonds is 4. The zero-order chi connectivity index (χ0) is 12.4. The van der Waals surface area contributed by atoms with Crippen molar-refractivity contribution in [2.24, 2.45) is 0 Å². The third-order valence-electron chi connectivity index (χ3n) is 2.52. The van der Waals surface area contributed by atoms with Gasteiger partial charge >= 0.3 is 0 Å². The first-order valence-electron chi connectivity index (χ1n) is 5.58. The molecule has 0 fully saturated rings. The van der Waals surface area contributed by atoms with Crippen molar-refractivity contribution >= 4 is 32.7 Å². The second-order valence-corrected chi connectivity index (χ2v) is 6.74. The standard InChI is InChI=1S/C13H18N2S2/c1-14(2)12-7-5-10(16-12)9-11-6-8-13(17-11)15(3)4/h5-8H,9H2,1-4H3. The van der Waals surface area contributed by atoms with Gasteiger partial charge in [-0.15, -0.1) is 22.7 Å². The number of thiophene rings is 2. The highest BCUT2D eigenvalue weighted by Gasteiger charge is 2.06. The fourth-order valence-electron chi connectivity index (χ4n) is 1.58. The number of nitrogens with zero attached hydrogens (tertiary/aromatic N) is 2. The maximum Gasteiger partial charge on any atom is 0.0906 e. The summed E-state index contributed by atoms with van der Waals surface area (Å²) in [6, 6.07) is 8.85. The summed E-state index contributed by atoms with van der Waals surface area (Å²) in [5, 5.41) is 2.65. The van der Waals surface area contributed by atoms with Crippen LogP contribution in [0.4, 0.5) is 10.0 Å². The third-order valence-corrected chi connectivity index (χ3v) is 5.03. The van der Waals surface area contributed by atoms with Crippen LogP contribution in [0.2, 0.25) is 0 Å². The second kappa shape index (κ2) is 5.10. The number of hydrogen-bond donors (Lipinski definition) is 0. The monoisotopic (exact) mass is 266 g/mol. The molecule has 0 bridgehead atoms. The lowest BCUT2D eigenvalue weighted by atomic mass is 10.3. The topological polar surface area (TPSA) is 6.48 Å². The Morgan fingerprint density at radius 3 is 1.47 bits per heavy atom. The van der Waals surface area contributed by atoms with Crippen LogP contribution in [0.25, 0.3) is 0 Å². The lowest BCUT2D eigenvalue weighted by Gasteiger charge is -2.07. The van der Waals surface area contributed by atoms with Gasteiger partial charge in [-0.05, 0) is 24.3 Å². The van der Waals surface area contributed by atoms with Crippen LogP contribution in [-0.2, 0) is 6.42 Å². The van der Waals surface area contributed by atoms with Crippen LogP contribution < -0.4 is 9.80 Å². The molecule has 0 aliphatic heterocycles. The first-order valence-corrected chi connectivity index (χ1v) is 7.21. The molecule has 0 aromatic carbocycles. The minimum Gasteiger partial charge on any atom is -0.370 e. The fourth-order valence-corrected chi connectivity index (χ4v) is 3.57. The van der Waals surface area contributed by atoms with E-state index < -0.39 is 0 Å². The summed E-state index contributed by atoms with van der Waals surface area (Å²) in [7, 11) is 8.35. The van der Waals surface area contributed by atoms with E-state index in [2.05, 4.69) is 62.3 Å². The maximum absolute atomic E-state index is 2.23. The highest BCUT2D eigenvalue weighted by Crippen LogP contribution is 2.30. The number of anilines is 2. The summed E-state index contributed by atoms with van der Waals surface area (Å²) in [6.45, 7) is 0. The zero-order valence-corrected chi connectivity index (χ0v) is 12.4. The van der Waals surface area contributed by atoms with Gasteiger partial charge in [-0.2, -0.15) is 0 Å². The predicted octanol–water partition coefficient (Wildman–Crippen LogP) is 3.53. The molecule has 0 N–H and O–H groups in total. The smallest absolute Gasteiger partial charge is 0.0906 e. The summed E-state index contributed by atoms with van der Waals surface area (Å²) >= 11 is 3.74. The van der Waals surface area contributed by atoms with Crippen LogP contribution in [0.15, 0.2) is 24.3 Å². The number of hydrogen-bond acceptors (Lipinski definition) is 4. The molecule has 2 nitrogen and oxygen atoms in total. The molecule has 0 saturated heterocycles. The van der Waals surface area contributed by atoms with Gasteiger partial charge in [0, 0.05) is 44.4 Å². The fraction of sp³-hybridized carbons (Fsp3) is 0.385. The summed E-state index contributed by atoms with van der Waals surface area (Å²) in [5.74, 6) is 0. The molecule has 4 heteroatoms. The molecule has 0 atom stereocenters. The van der Waals surface area contributed by atoms with E-state index in [-0.39, 0.29) is 0 Å². The van der Waals surface area contributed by atoms with Gasteiger partial charge in [0.1, 0.15) is 0 Å². The van der Waals surface area contributed by atoms with Crippen LogP contribution in [-0.4, -0.2) is 28.2 Å². The molecule has 2 aromatic rings. The Labute approximate surface area is 111 Å². The summed E-state index contributed by atoms with van der Waals surface area (Å²) in [5.41, 5.74) is 0. The van der Waals surface area contributed by atoms with Crippen LogP contribution in [0.1, 0.15) is 9.75 Å². The van der Waals surface area contributed by atoms with Gasteiger partial charge < -0.3 is 9.80 Å². The van der Waals surface area contributed by atoms with E-state index in [1.54, 1.807) is 0 Å². The molecule has 0 radical (unpaired) electrons. The molecule has 17 heavy (non-hydrogen) atoms. The van der Waals surface area contributed by atoms with E-state index in [0.717, 1.165) is 6.42 Å². The average Bonchev–Trinajstić information content (AvgIpc) is 2.87. The molecule has 0 aliphatic rings. The lowest BCUT2D eigenvalue weighted by Crippen LogP contribution is -2.05. The van der Waals surface area contributed by atoms with Crippen molar-refractivity contribution < 1.29 is 0 Å². The van der Waals surface area contributed by atoms with Gasteiger partial charge in [0.05, 0.1) is 10.0 Å². The highest BCUT2D eigenvalue weighted by atomic mass is 32.1.